The Morgan fingerprint density at radius 3 is 2.19 bits per heavy atom. The van der Waals surface area contributed by atoms with Gasteiger partial charge in [0, 0.05) is 19.1 Å². The van der Waals surface area contributed by atoms with Crippen LogP contribution in [-0.4, -0.2) is 0 Å². The van der Waals surface area contributed by atoms with Gasteiger partial charge in [0.25, 0.3) is 4.83 Å². The first-order valence-corrected chi connectivity index (χ1v) is 6.32. The molecular weight excluding hydrogens is 254 g/mol. The van der Waals surface area contributed by atoms with E-state index in [4.69, 9.17) is 18.6 Å². The number of fused-ring (bicyclic) bond motifs is 1. The van der Waals surface area contributed by atoms with Crippen LogP contribution in [0.2, 0.25) is 0 Å². The predicted octanol–water partition coefficient (Wildman–Crippen LogP) is -2.65. The lowest BCUT2D eigenvalue weighted by molar-refractivity contribution is -2.00. The van der Waals surface area contributed by atoms with Crippen molar-refractivity contribution in [1.82, 2.24) is 0 Å². The summed E-state index contributed by atoms with van der Waals surface area (Å²) in [5, 5.41) is 0. The fourth-order valence-electron chi connectivity index (χ4n) is 1.19. The van der Waals surface area contributed by atoms with Gasteiger partial charge in [-0.1, -0.05) is 11.3 Å². The van der Waals surface area contributed by atoms with Gasteiger partial charge < -0.3 is 0 Å². The fraction of sp³-hybridized carbons (Fsp3) is 0.222. The summed E-state index contributed by atoms with van der Waals surface area (Å²) in [6, 6.07) is 6.28. The van der Waals surface area contributed by atoms with Gasteiger partial charge in [-0.3, -0.25) is 0 Å². The molecule has 0 fully saturated rings. The summed E-state index contributed by atoms with van der Waals surface area (Å²) in [7, 11) is -4.94. The molecule has 0 amide bonds. The summed E-state index contributed by atoms with van der Waals surface area (Å²) in [5.41, 5.74) is 1.35. The molecule has 16 heavy (non-hydrogen) atoms. The Balaban J connectivity index is 0.000000221. The maximum Gasteiger partial charge on any atom is 0.267 e. The maximum atomic E-state index is 8.49. The van der Waals surface area contributed by atoms with Crippen molar-refractivity contribution in [3.8, 4) is 0 Å². The van der Waals surface area contributed by atoms with Crippen LogP contribution in [0, 0.1) is 24.1 Å². The van der Waals surface area contributed by atoms with Crippen molar-refractivity contribution >= 4 is 16.2 Å². The Bertz CT molecular complexity index is 474. The number of hydrogen-bond acceptors (Lipinski definition) is 5. The van der Waals surface area contributed by atoms with Gasteiger partial charge in [0.05, 0.1) is 4.88 Å². The summed E-state index contributed by atoms with van der Waals surface area (Å²) in [6.07, 6.45) is 2.11. The number of thiazole rings is 1. The minimum atomic E-state index is -4.94. The van der Waals surface area contributed by atoms with Gasteiger partial charge in [-0.25, -0.2) is 18.6 Å². The van der Waals surface area contributed by atoms with Gasteiger partial charge in [0.15, 0.2) is 11.9 Å². The zero-order valence-electron chi connectivity index (χ0n) is 8.68. The normalized spacial score (nSPS) is 11.1. The molecule has 2 aromatic rings. The molecular formula is C9H10ClNO4S. The Morgan fingerprint density at radius 1 is 1.12 bits per heavy atom. The number of aryl methyl sites for hydroxylation is 2. The molecule has 2 rings (SSSR count). The molecule has 2 aromatic heterocycles. The van der Waals surface area contributed by atoms with Crippen LogP contribution in [0.25, 0.3) is 4.83 Å². The SMILES string of the molecule is Cc1sc2cccc[n+]2c1C.[O-][Cl+3]([O-])([O-])[O-]. The lowest BCUT2D eigenvalue weighted by atomic mass is 10.4. The first-order valence-electron chi connectivity index (χ1n) is 4.27. The first kappa shape index (κ1) is 13.3. The van der Waals surface area contributed by atoms with E-state index in [-0.39, 0.29) is 0 Å². The van der Waals surface area contributed by atoms with Gasteiger partial charge in [-0.2, -0.15) is 4.40 Å². The fourth-order valence-corrected chi connectivity index (χ4v) is 2.19. The first-order chi connectivity index (χ1) is 7.29. The molecule has 0 aromatic carbocycles. The molecule has 5 nitrogen and oxygen atoms in total. The number of halogens is 1. The number of nitrogens with zero attached hydrogens (tertiary/aromatic N) is 1. The van der Waals surface area contributed by atoms with Crippen LogP contribution in [0.15, 0.2) is 24.4 Å². The Kier molecular flexibility index (Phi) is 4.20. The summed E-state index contributed by atoms with van der Waals surface area (Å²) in [4.78, 5) is 2.72. The lowest BCUT2D eigenvalue weighted by Gasteiger charge is -2.17. The summed E-state index contributed by atoms with van der Waals surface area (Å²) in [5.74, 6) is 0. The van der Waals surface area contributed by atoms with Gasteiger partial charge in [-0.15, -0.1) is 10.2 Å². The third-order valence-electron chi connectivity index (χ3n) is 1.95. The molecule has 2 heterocycles. The summed E-state index contributed by atoms with van der Waals surface area (Å²) in [6.45, 7) is 4.31. The van der Waals surface area contributed by atoms with Crippen molar-refractivity contribution in [2.75, 3.05) is 0 Å². The Morgan fingerprint density at radius 2 is 1.69 bits per heavy atom. The molecule has 0 N–H and O–H groups in total. The van der Waals surface area contributed by atoms with Crippen molar-refractivity contribution in [2.45, 2.75) is 13.8 Å². The number of hydrogen-bond donors (Lipinski definition) is 0. The van der Waals surface area contributed by atoms with Crippen LogP contribution in [0.1, 0.15) is 10.6 Å². The van der Waals surface area contributed by atoms with E-state index in [1.165, 1.54) is 15.4 Å². The van der Waals surface area contributed by atoms with Crippen LogP contribution < -0.4 is 23.0 Å². The van der Waals surface area contributed by atoms with Gasteiger partial charge in [0.2, 0.25) is 0 Å². The monoisotopic (exact) mass is 263 g/mol. The van der Waals surface area contributed by atoms with Crippen LogP contribution >= 0.6 is 11.3 Å². The van der Waals surface area contributed by atoms with E-state index < -0.39 is 10.2 Å². The quantitative estimate of drug-likeness (QED) is 0.485. The molecule has 0 radical (unpaired) electrons. The number of rotatable bonds is 0. The van der Waals surface area contributed by atoms with Crippen LogP contribution in [0.4, 0.5) is 0 Å². The smallest absolute Gasteiger partial charge is 0.222 e. The standard InChI is InChI=1S/C9H10NS.ClHO4/c1-7-8(2)11-9-5-3-4-6-10(7)9;2-1(3,4)5/h3-6H,1-2H3;(H,2,3,4,5)/q+1;/p-1. The molecule has 0 aliphatic rings. The molecule has 0 saturated carbocycles. The maximum absolute atomic E-state index is 8.49. The van der Waals surface area contributed by atoms with E-state index >= 15 is 0 Å². The largest absolute Gasteiger partial charge is 0.267 e. The van der Waals surface area contributed by atoms with Crippen molar-refractivity contribution < 1.29 is 33.3 Å². The molecule has 0 bridgehead atoms. The van der Waals surface area contributed by atoms with Crippen molar-refractivity contribution in [3.05, 3.63) is 35.0 Å². The van der Waals surface area contributed by atoms with E-state index in [1.54, 1.807) is 0 Å². The molecule has 88 valence electrons. The van der Waals surface area contributed by atoms with E-state index in [0.29, 0.717) is 0 Å². The summed E-state index contributed by atoms with van der Waals surface area (Å²) >= 11 is 1.84. The van der Waals surface area contributed by atoms with E-state index in [0.717, 1.165) is 0 Å². The highest BCUT2D eigenvalue weighted by molar-refractivity contribution is 7.16. The molecule has 0 atom stereocenters. The number of aromatic nitrogens is 1. The van der Waals surface area contributed by atoms with Crippen LogP contribution in [-0.2, 0) is 0 Å². The highest BCUT2D eigenvalue weighted by Gasteiger charge is 2.11. The second-order valence-corrected chi connectivity index (χ2v) is 5.02. The Labute approximate surface area is 98.6 Å². The third kappa shape index (κ3) is 4.01. The minimum Gasteiger partial charge on any atom is -0.222 e. The molecule has 0 unspecified atom stereocenters. The zero-order chi connectivity index (χ0) is 12.3. The highest BCUT2D eigenvalue weighted by atomic mass is 35.7. The van der Waals surface area contributed by atoms with Crippen molar-refractivity contribution in [3.63, 3.8) is 0 Å². The average Bonchev–Trinajstić information content (AvgIpc) is 2.41. The average molecular weight is 264 g/mol. The van der Waals surface area contributed by atoms with Gasteiger partial charge in [0.1, 0.15) is 0 Å². The van der Waals surface area contributed by atoms with Crippen LogP contribution in [0.3, 0.4) is 0 Å². The highest BCUT2D eigenvalue weighted by Crippen LogP contribution is 2.14. The Hall–Kier alpha value is -0.760. The molecule has 0 spiro atoms. The molecule has 0 aliphatic carbocycles. The minimum absolute atomic E-state index is 1.32. The van der Waals surface area contributed by atoms with Crippen molar-refractivity contribution in [2.24, 2.45) is 0 Å². The lowest BCUT2D eigenvalue weighted by Crippen LogP contribution is -2.68. The second-order valence-electron chi connectivity index (χ2n) is 3.03. The van der Waals surface area contributed by atoms with Crippen molar-refractivity contribution in [1.29, 1.82) is 0 Å². The van der Waals surface area contributed by atoms with Gasteiger partial charge in [-0.05, 0) is 13.0 Å². The van der Waals surface area contributed by atoms with Crippen LogP contribution in [0.5, 0.6) is 0 Å². The van der Waals surface area contributed by atoms with E-state index in [2.05, 4.69) is 42.6 Å². The van der Waals surface area contributed by atoms with Gasteiger partial charge >= 0.3 is 0 Å². The molecule has 7 heteroatoms. The van der Waals surface area contributed by atoms with E-state index in [9.17, 15) is 0 Å². The predicted molar refractivity (Wildman–Crippen MR) is 47.0 cm³/mol. The molecule has 0 aliphatic heterocycles. The number of pyridine rings is 1. The summed E-state index contributed by atoms with van der Waals surface area (Å²) < 4.78 is 36.2. The third-order valence-corrected chi connectivity index (χ3v) is 3.09. The zero-order valence-corrected chi connectivity index (χ0v) is 10.2. The molecule has 0 saturated heterocycles. The topological polar surface area (TPSA) is 96.3 Å². The second kappa shape index (κ2) is 5.05. The van der Waals surface area contributed by atoms with E-state index in [1.807, 2.05) is 11.3 Å².